The average molecular weight is 579 g/mol. The van der Waals surface area contributed by atoms with E-state index >= 15 is 0 Å². The number of allylic oxidation sites excluding steroid dienone is 2. The van der Waals surface area contributed by atoms with E-state index in [4.69, 9.17) is 29.2 Å². The summed E-state index contributed by atoms with van der Waals surface area (Å²) in [4.78, 5) is 0. The molecule has 1 aromatic carbocycles. The Morgan fingerprint density at radius 2 is 0.976 bits per heavy atom. The predicted octanol–water partition coefficient (Wildman–Crippen LogP) is 8.89. The monoisotopic (exact) mass is 578 g/mol. The maximum Gasteiger partial charge on any atom is 0.207 e. The molecule has 0 heterocycles. The molecule has 0 aromatic heterocycles. The number of hydrogen-bond acceptors (Lipinski definition) is 6. The summed E-state index contributed by atoms with van der Waals surface area (Å²) in [5, 5.41) is 17.8. The van der Waals surface area contributed by atoms with Crippen LogP contribution in [0.5, 0.6) is 23.0 Å². The molecule has 0 aliphatic rings. The third-order valence-electron chi connectivity index (χ3n) is 7.90. The molecule has 0 atom stereocenters. The zero-order chi connectivity index (χ0) is 30.1. The van der Waals surface area contributed by atoms with Crippen LogP contribution in [0, 0.1) is 6.92 Å². The summed E-state index contributed by atoms with van der Waals surface area (Å²) in [6.45, 7) is 8.37. The van der Waals surface area contributed by atoms with Gasteiger partial charge in [0.05, 0.1) is 27.4 Å². The van der Waals surface area contributed by atoms with Gasteiger partial charge >= 0.3 is 0 Å². The molecule has 1 rings (SSSR count). The Hall–Kier alpha value is -1.92. The molecule has 0 saturated heterocycles. The molecule has 0 bridgehead atoms. The molecule has 6 nitrogen and oxygen atoms in total. The highest BCUT2D eigenvalue weighted by atomic mass is 16.5. The van der Waals surface area contributed by atoms with Crippen LogP contribution >= 0.6 is 0 Å². The Labute approximate surface area is 251 Å². The van der Waals surface area contributed by atoms with Crippen LogP contribution in [-0.2, 0) is 6.42 Å². The Balaban J connectivity index is 2.84. The molecule has 0 amide bonds. The van der Waals surface area contributed by atoms with Crippen LogP contribution in [0.25, 0.3) is 0 Å². The first-order chi connectivity index (χ1) is 20.0. The van der Waals surface area contributed by atoms with Crippen molar-refractivity contribution in [1.82, 2.24) is 0 Å². The molecular weight excluding hydrogens is 516 g/mol. The highest BCUT2D eigenvalue weighted by Gasteiger charge is 2.25. The second kappa shape index (κ2) is 24.7. The molecule has 0 aliphatic carbocycles. The predicted molar refractivity (Wildman–Crippen MR) is 171 cm³/mol. The number of aliphatic hydroxyl groups is 2. The topological polar surface area (TPSA) is 77.4 Å². The molecule has 41 heavy (non-hydrogen) atoms. The van der Waals surface area contributed by atoms with Crippen molar-refractivity contribution in [3.05, 3.63) is 22.8 Å². The Kier molecular flexibility index (Phi) is 22.3. The zero-order valence-corrected chi connectivity index (χ0v) is 27.2. The highest BCUT2D eigenvalue weighted by Crippen LogP contribution is 2.50. The summed E-state index contributed by atoms with van der Waals surface area (Å²) >= 11 is 0. The minimum atomic E-state index is 0.307. The third-order valence-corrected chi connectivity index (χ3v) is 7.90. The normalized spacial score (nSPS) is 11.6. The summed E-state index contributed by atoms with van der Waals surface area (Å²) < 4.78 is 24.6. The number of hydrogen-bond donors (Lipinski definition) is 2. The fourth-order valence-corrected chi connectivity index (χ4v) is 5.08. The molecule has 0 spiro atoms. The molecule has 238 valence electrons. The molecular formula is C35H62O6. The lowest BCUT2D eigenvalue weighted by molar-refractivity contribution is 0.254. The van der Waals surface area contributed by atoms with E-state index in [0.29, 0.717) is 37.9 Å². The SMILES string of the molecule is CC/C(C)=C/Cc1c(C)c(OCCCCCCCCCCO)c(OC)c(OC)c1OCCCCCCCCCCO. The van der Waals surface area contributed by atoms with Crippen molar-refractivity contribution in [2.24, 2.45) is 0 Å². The quantitative estimate of drug-likeness (QED) is 0.0802. The van der Waals surface area contributed by atoms with Crippen molar-refractivity contribution in [2.75, 3.05) is 40.6 Å². The van der Waals surface area contributed by atoms with Gasteiger partial charge < -0.3 is 29.2 Å². The van der Waals surface area contributed by atoms with Gasteiger partial charge in [-0.25, -0.2) is 0 Å². The van der Waals surface area contributed by atoms with Gasteiger partial charge in [0.25, 0.3) is 0 Å². The van der Waals surface area contributed by atoms with Crippen molar-refractivity contribution < 1.29 is 29.2 Å². The maximum absolute atomic E-state index is 8.91. The number of benzene rings is 1. The van der Waals surface area contributed by atoms with Crippen molar-refractivity contribution in [1.29, 1.82) is 0 Å². The second-order valence-electron chi connectivity index (χ2n) is 11.2. The van der Waals surface area contributed by atoms with Gasteiger partial charge in [0.2, 0.25) is 11.5 Å². The second-order valence-corrected chi connectivity index (χ2v) is 11.2. The zero-order valence-electron chi connectivity index (χ0n) is 27.2. The minimum absolute atomic E-state index is 0.307. The van der Waals surface area contributed by atoms with Crippen molar-refractivity contribution in [3.63, 3.8) is 0 Å². The molecule has 0 unspecified atom stereocenters. The number of aliphatic hydroxyl groups excluding tert-OH is 2. The van der Waals surface area contributed by atoms with E-state index in [1.807, 2.05) is 0 Å². The lowest BCUT2D eigenvalue weighted by atomic mass is 9.99. The van der Waals surface area contributed by atoms with Gasteiger partial charge in [-0.05, 0) is 52.4 Å². The number of unbranched alkanes of at least 4 members (excludes halogenated alkanes) is 14. The molecule has 0 radical (unpaired) electrons. The Morgan fingerprint density at radius 1 is 0.585 bits per heavy atom. The van der Waals surface area contributed by atoms with E-state index in [0.717, 1.165) is 86.8 Å². The number of methoxy groups -OCH3 is 2. The summed E-state index contributed by atoms with van der Waals surface area (Å²) in [7, 11) is 3.35. The maximum atomic E-state index is 8.91. The number of rotatable bonds is 27. The lowest BCUT2D eigenvalue weighted by Crippen LogP contribution is -2.09. The van der Waals surface area contributed by atoms with Gasteiger partial charge in [-0.1, -0.05) is 95.6 Å². The van der Waals surface area contributed by atoms with Gasteiger partial charge in [0, 0.05) is 24.3 Å². The fourth-order valence-electron chi connectivity index (χ4n) is 5.08. The van der Waals surface area contributed by atoms with Crippen molar-refractivity contribution >= 4 is 0 Å². The van der Waals surface area contributed by atoms with E-state index in [-0.39, 0.29) is 0 Å². The van der Waals surface area contributed by atoms with E-state index in [1.54, 1.807) is 14.2 Å². The van der Waals surface area contributed by atoms with E-state index < -0.39 is 0 Å². The largest absolute Gasteiger partial charge is 0.490 e. The Morgan fingerprint density at radius 3 is 1.39 bits per heavy atom. The lowest BCUT2D eigenvalue weighted by Gasteiger charge is -2.23. The summed E-state index contributed by atoms with van der Waals surface area (Å²) in [6, 6.07) is 0. The minimum Gasteiger partial charge on any atom is -0.490 e. The van der Waals surface area contributed by atoms with Crippen LogP contribution in [0.3, 0.4) is 0 Å². The molecule has 0 saturated carbocycles. The van der Waals surface area contributed by atoms with E-state index in [1.165, 1.54) is 56.9 Å². The van der Waals surface area contributed by atoms with E-state index in [2.05, 4.69) is 26.8 Å². The average Bonchev–Trinajstić information content (AvgIpc) is 2.98. The van der Waals surface area contributed by atoms with Crippen LogP contribution in [0.4, 0.5) is 0 Å². The first kappa shape index (κ1) is 37.1. The van der Waals surface area contributed by atoms with Crippen LogP contribution in [-0.4, -0.2) is 50.9 Å². The molecule has 6 heteroatoms. The first-order valence-corrected chi connectivity index (χ1v) is 16.5. The van der Waals surface area contributed by atoms with Gasteiger partial charge in [0.1, 0.15) is 0 Å². The summed E-state index contributed by atoms with van der Waals surface area (Å²) in [6.07, 6.45) is 22.3. The van der Waals surface area contributed by atoms with Gasteiger partial charge in [-0.15, -0.1) is 0 Å². The molecule has 1 aromatic rings. The fraction of sp³-hybridized carbons (Fsp3) is 0.771. The molecule has 2 N–H and O–H groups in total. The van der Waals surface area contributed by atoms with Crippen LogP contribution in [0.2, 0.25) is 0 Å². The summed E-state index contributed by atoms with van der Waals surface area (Å²) in [5.74, 6) is 2.78. The molecule has 0 aliphatic heterocycles. The standard InChI is InChI=1S/C35H62O6/c1-6-29(2)23-24-31-30(3)32(40-27-21-17-13-9-7-11-15-19-25-36)34(38-4)35(39-5)33(31)41-28-22-18-14-10-8-12-16-20-26-37/h23,36-37H,6-22,24-28H2,1-5H3/b29-23+. The summed E-state index contributed by atoms with van der Waals surface area (Å²) in [5.41, 5.74) is 3.52. The first-order valence-electron chi connectivity index (χ1n) is 16.5. The Bertz CT molecular complexity index is 820. The number of ether oxygens (including phenoxy) is 4. The van der Waals surface area contributed by atoms with Crippen molar-refractivity contribution in [2.45, 2.75) is 136 Å². The van der Waals surface area contributed by atoms with Crippen molar-refractivity contribution in [3.8, 4) is 23.0 Å². The van der Waals surface area contributed by atoms with Crippen LogP contribution in [0.15, 0.2) is 11.6 Å². The third kappa shape index (κ3) is 15.2. The van der Waals surface area contributed by atoms with Crippen LogP contribution < -0.4 is 18.9 Å². The van der Waals surface area contributed by atoms with Crippen LogP contribution in [0.1, 0.15) is 134 Å². The smallest absolute Gasteiger partial charge is 0.207 e. The highest BCUT2D eigenvalue weighted by molar-refractivity contribution is 5.67. The van der Waals surface area contributed by atoms with Gasteiger partial charge in [-0.2, -0.15) is 0 Å². The van der Waals surface area contributed by atoms with Gasteiger partial charge in [0.15, 0.2) is 11.5 Å². The van der Waals surface area contributed by atoms with E-state index in [9.17, 15) is 0 Å². The molecule has 0 fully saturated rings. The van der Waals surface area contributed by atoms with Gasteiger partial charge in [-0.3, -0.25) is 0 Å².